The van der Waals surface area contributed by atoms with Gasteiger partial charge in [0.1, 0.15) is 11.4 Å². The third kappa shape index (κ3) is 3.75. The maximum atomic E-state index is 13.0. The van der Waals surface area contributed by atoms with Crippen LogP contribution in [0.2, 0.25) is 0 Å². The minimum Gasteiger partial charge on any atom is -0.477 e. The number of hydrogen-bond donors (Lipinski definition) is 2. The summed E-state index contributed by atoms with van der Waals surface area (Å²) in [6.45, 7) is 8.88. The summed E-state index contributed by atoms with van der Waals surface area (Å²) < 4.78 is 7.58. The number of nitrogens with zero attached hydrogens (tertiary/aromatic N) is 6. The quantitative estimate of drug-likeness (QED) is 0.626. The monoisotopic (exact) mass is 436 g/mol. The van der Waals surface area contributed by atoms with Crippen LogP contribution in [0.1, 0.15) is 47.9 Å². The molecule has 1 atom stereocenters. The summed E-state index contributed by atoms with van der Waals surface area (Å²) >= 11 is 0. The molecule has 2 saturated heterocycles. The van der Waals surface area contributed by atoms with Gasteiger partial charge in [0, 0.05) is 31.0 Å². The molecule has 10 nitrogen and oxygen atoms in total. The van der Waals surface area contributed by atoms with Crippen molar-refractivity contribution in [1.29, 1.82) is 0 Å². The SMILES string of the molecule is CCOc1nc(N2CCC3(CCCN3)C2)ncc1C(=O)Nc1cn2cc(C)nc2c(C)n1. The van der Waals surface area contributed by atoms with Crippen LogP contribution < -0.4 is 20.3 Å². The maximum absolute atomic E-state index is 13.0. The number of anilines is 2. The van der Waals surface area contributed by atoms with E-state index < -0.39 is 0 Å². The number of aryl methyl sites for hydroxylation is 2. The molecular weight excluding hydrogens is 408 g/mol. The van der Waals surface area contributed by atoms with Crippen molar-refractivity contribution in [3.8, 4) is 5.88 Å². The van der Waals surface area contributed by atoms with Gasteiger partial charge in [0.2, 0.25) is 11.8 Å². The van der Waals surface area contributed by atoms with E-state index in [0.29, 0.717) is 18.4 Å². The zero-order valence-corrected chi connectivity index (χ0v) is 18.7. The highest BCUT2D eigenvalue weighted by Crippen LogP contribution is 2.32. The van der Waals surface area contributed by atoms with E-state index >= 15 is 0 Å². The number of rotatable bonds is 5. The first-order valence-electron chi connectivity index (χ1n) is 11.1. The smallest absolute Gasteiger partial charge is 0.263 e. The fraction of sp³-hybridized carbons (Fsp3) is 0.500. The van der Waals surface area contributed by atoms with Gasteiger partial charge in [0.05, 0.1) is 24.2 Å². The average Bonchev–Trinajstić information content (AvgIpc) is 3.49. The molecule has 2 fully saturated rings. The maximum Gasteiger partial charge on any atom is 0.263 e. The van der Waals surface area contributed by atoms with E-state index in [4.69, 9.17) is 4.74 Å². The number of carbonyl (C=O) groups excluding carboxylic acids is 1. The molecule has 1 unspecified atom stereocenters. The summed E-state index contributed by atoms with van der Waals surface area (Å²) in [6.07, 6.45) is 8.64. The molecule has 1 spiro atoms. The number of amides is 1. The number of carbonyl (C=O) groups is 1. The Kier molecular flexibility index (Phi) is 5.16. The van der Waals surface area contributed by atoms with Gasteiger partial charge in [-0.2, -0.15) is 4.98 Å². The Hall–Kier alpha value is -3.27. The van der Waals surface area contributed by atoms with Crippen molar-refractivity contribution in [2.45, 2.75) is 45.6 Å². The number of imidazole rings is 1. The van der Waals surface area contributed by atoms with Gasteiger partial charge in [0.15, 0.2) is 5.65 Å². The zero-order valence-electron chi connectivity index (χ0n) is 18.7. The lowest BCUT2D eigenvalue weighted by Crippen LogP contribution is -2.42. The summed E-state index contributed by atoms with van der Waals surface area (Å²) in [4.78, 5) is 33.2. The Bertz CT molecular complexity index is 1170. The molecule has 3 aromatic heterocycles. The van der Waals surface area contributed by atoms with Gasteiger partial charge < -0.3 is 24.7 Å². The van der Waals surface area contributed by atoms with Crippen molar-refractivity contribution >= 4 is 23.3 Å². The first-order chi connectivity index (χ1) is 15.5. The van der Waals surface area contributed by atoms with Crippen molar-refractivity contribution < 1.29 is 9.53 Å². The summed E-state index contributed by atoms with van der Waals surface area (Å²) in [5.41, 5.74) is 2.83. The zero-order chi connectivity index (χ0) is 22.3. The van der Waals surface area contributed by atoms with Crippen LogP contribution in [-0.4, -0.2) is 62.0 Å². The van der Waals surface area contributed by atoms with Crippen molar-refractivity contribution in [3.63, 3.8) is 0 Å². The summed E-state index contributed by atoms with van der Waals surface area (Å²) in [5.74, 6) is 0.947. The van der Waals surface area contributed by atoms with Crippen molar-refractivity contribution in [2.75, 3.05) is 36.5 Å². The number of aromatic nitrogens is 5. The third-order valence-electron chi connectivity index (χ3n) is 6.20. The molecule has 0 saturated carbocycles. The molecule has 168 valence electrons. The van der Waals surface area contributed by atoms with Crippen LogP contribution in [0.5, 0.6) is 5.88 Å². The molecule has 2 N–H and O–H groups in total. The van der Waals surface area contributed by atoms with Crippen LogP contribution in [0.15, 0.2) is 18.6 Å². The van der Waals surface area contributed by atoms with Crippen LogP contribution in [0, 0.1) is 13.8 Å². The standard InChI is InChI=1S/C22H28N8O2/c1-4-32-20-16(10-23-21(28-20)29-9-7-22(13-29)6-5-8-24-22)19(31)27-17-12-30-11-14(2)25-18(30)15(3)26-17/h10-12,24H,4-9,13H2,1-3H3,(H,27,31). The summed E-state index contributed by atoms with van der Waals surface area (Å²) in [7, 11) is 0. The van der Waals surface area contributed by atoms with Gasteiger partial charge in [-0.05, 0) is 46.6 Å². The van der Waals surface area contributed by atoms with Crippen LogP contribution >= 0.6 is 0 Å². The van der Waals surface area contributed by atoms with Gasteiger partial charge in [-0.3, -0.25) is 4.79 Å². The predicted octanol–water partition coefficient (Wildman–Crippen LogP) is 2.12. The van der Waals surface area contributed by atoms with E-state index in [9.17, 15) is 4.79 Å². The van der Waals surface area contributed by atoms with E-state index in [1.54, 1.807) is 12.4 Å². The van der Waals surface area contributed by atoms with Crippen LogP contribution in [-0.2, 0) is 0 Å². The highest BCUT2D eigenvalue weighted by molar-refractivity contribution is 6.05. The second kappa shape index (κ2) is 8.01. The molecule has 0 radical (unpaired) electrons. The fourth-order valence-electron chi connectivity index (χ4n) is 4.69. The third-order valence-corrected chi connectivity index (χ3v) is 6.20. The van der Waals surface area contributed by atoms with Gasteiger partial charge in [-0.1, -0.05) is 0 Å². The second-order valence-corrected chi connectivity index (χ2v) is 8.58. The average molecular weight is 437 g/mol. The first kappa shape index (κ1) is 20.6. The number of hydrogen-bond acceptors (Lipinski definition) is 8. The molecule has 10 heteroatoms. The van der Waals surface area contributed by atoms with Crippen LogP contribution in [0.3, 0.4) is 0 Å². The van der Waals surface area contributed by atoms with Crippen LogP contribution in [0.25, 0.3) is 5.65 Å². The molecule has 5 heterocycles. The lowest BCUT2D eigenvalue weighted by Gasteiger charge is -2.24. The largest absolute Gasteiger partial charge is 0.477 e. The molecule has 2 aliphatic rings. The highest BCUT2D eigenvalue weighted by Gasteiger charge is 2.41. The van der Waals surface area contributed by atoms with Crippen molar-refractivity contribution in [2.24, 2.45) is 0 Å². The Morgan fingerprint density at radius 3 is 2.91 bits per heavy atom. The van der Waals surface area contributed by atoms with E-state index in [1.807, 2.05) is 31.4 Å². The molecule has 5 rings (SSSR count). The highest BCUT2D eigenvalue weighted by atomic mass is 16.5. The molecule has 2 aliphatic heterocycles. The predicted molar refractivity (Wildman–Crippen MR) is 120 cm³/mol. The summed E-state index contributed by atoms with van der Waals surface area (Å²) in [5, 5.41) is 6.49. The minimum absolute atomic E-state index is 0.166. The fourth-order valence-corrected chi connectivity index (χ4v) is 4.69. The normalized spacial score (nSPS) is 20.4. The number of ether oxygens (including phenoxy) is 1. The molecule has 32 heavy (non-hydrogen) atoms. The molecule has 3 aromatic rings. The Morgan fingerprint density at radius 1 is 1.25 bits per heavy atom. The van der Waals surface area contributed by atoms with E-state index in [2.05, 4.69) is 35.5 Å². The van der Waals surface area contributed by atoms with Crippen molar-refractivity contribution in [3.05, 3.63) is 35.5 Å². The van der Waals surface area contributed by atoms with E-state index in [-0.39, 0.29) is 22.9 Å². The number of nitrogens with one attached hydrogen (secondary N) is 2. The van der Waals surface area contributed by atoms with Gasteiger partial charge in [-0.15, -0.1) is 0 Å². The molecule has 0 aromatic carbocycles. The summed E-state index contributed by atoms with van der Waals surface area (Å²) in [6, 6.07) is 0. The van der Waals surface area contributed by atoms with Gasteiger partial charge in [-0.25, -0.2) is 15.0 Å². The Balaban J connectivity index is 1.38. The topological polar surface area (TPSA) is 110 Å². The molecular formula is C22H28N8O2. The van der Waals surface area contributed by atoms with E-state index in [0.717, 1.165) is 43.1 Å². The number of fused-ring (bicyclic) bond motifs is 1. The molecule has 0 aliphatic carbocycles. The van der Waals surface area contributed by atoms with Crippen molar-refractivity contribution in [1.82, 2.24) is 29.7 Å². The Morgan fingerprint density at radius 2 is 2.12 bits per heavy atom. The molecule has 0 bridgehead atoms. The lowest BCUT2D eigenvalue weighted by molar-refractivity contribution is 0.102. The lowest BCUT2D eigenvalue weighted by atomic mass is 9.97. The minimum atomic E-state index is -0.363. The van der Waals surface area contributed by atoms with Gasteiger partial charge in [0.25, 0.3) is 5.91 Å². The second-order valence-electron chi connectivity index (χ2n) is 8.58. The first-order valence-corrected chi connectivity index (χ1v) is 11.1. The Labute approximate surface area is 186 Å². The molecule has 1 amide bonds. The van der Waals surface area contributed by atoms with Gasteiger partial charge >= 0.3 is 0 Å². The van der Waals surface area contributed by atoms with Crippen LogP contribution in [0.4, 0.5) is 11.8 Å². The van der Waals surface area contributed by atoms with E-state index in [1.165, 1.54) is 12.8 Å².